The molecule has 0 aliphatic carbocycles. The average molecular weight is 385 g/mol. The third-order valence-electron chi connectivity index (χ3n) is 2.95. The summed E-state index contributed by atoms with van der Waals surface area (Å²) in [4.78, 5) is 22.7. The Morgan fingerprint density at radius 2 is 1.80 bits per heavy atom. The van der Waals surface area contributed by atoms with Crippen LogP contribution in [0.25, 0.3) is 6.08 Å². The van der Waals surface area contributed by atoms with Crippen LogP contribution in [0.5, 0.6) is 5.75 Å². The summed E-state index contributed by atoms with van der Waals surface area (Å²) in [5.74, 6) is 0.183. The number of allylic oxidation sites excluding steroid dienone is 1. The van der Waals surface area contributed by atoms with Crippen LogP contribution in [0.1, 0.15) is 25.8 Å². The minimum absolute atomic E-state index is 0.0228. The highest BCUT2D eigenvalue weighted by Gasteiger charge is 2.06. The molecule has 25 heavy (non-hydrogen) atoms. The zero-order valence-corrected chi connectivity index (χ0v) is 16.1. The van der Waals surface area contributed by atoms with Crippen LogP contribution in [-0.2, 0) is 9.53 Å². The largest absolute Gasteiger partial charge is 0.508 e. The summed E-state index contributed by atoms with van der Waals surface area (Å²) in [7, 11) is 0. The highest BCUT2D eigenvalue weighted by atomic mass is 32.1. The molecule has 6 nitrogen and oxygen atoms in total. The maximum absolute atomic E-state index is 11.7. The Morgan fingerprint density at radius 3 is 2.28 bits per heavy atom. The molecule has 0 heterocycles. The van der Waals surface area contributed by atoms with Gasteiger partial charge in [-0.3, -0.25) is 9.59 Å². The fourth-order valence-corrected chi connectivity index (χ4v) is 2.01. The maximum Gasteiger partial charge on any atom is 0.273 e. The number of nitrogens with two attached hydrogens (primary N) is 1. The third-order valence-corrected chi connectivity index (χ3v) is 3.33. The third kappa shape index (κ3) is 12.0. The molecule has 0 aliphatic heterocycles. The predicted molar refractivity (Wildman–Crippen MR) is 107 cm³/mol. The highest BCUT2D eigenvalue weighted by Crippen LogP contribution is 2.10. The molecule has 0 bridgehead atoms. The van der Waals surface area contributed by atoms with Crippen LogP contribution in [0, 0.1) is 0 Å². The van der Waals surface area contributed by atoms with Crippen molar-refractivity contribution in [1.29, 1.82) is 0 Å². The van der Waals surface area contributed by atoms with E-state index in [2.05, 4.69) is 18.4 Å². The summed E-state index contributed by atoms with van der Waals surface area (Å²) in [6, 6.07) is 6.64. The van der Waals surface area contributed by atoms with Gasteiger partial charge in [0.05, 0.1) is 6.61 Å². The van der Waals surface area contributed by atoms with Crippen molar-refractivity contribution in [3.8, 4) is 5.75 Å². The van der Waals surface area contributed by atoms with Gasteiger partial charge in [0.1, 0.15) is 5.75 Å². The molecule has 0 aromatic heterocycles. The molecule has 1 aromatic carbocycles. The highest BCUT2D eigenvalue weighted by molar-refractivity contribution is 7.96. The number of benzene rings is 1. The number of hydrogen-bond acceptors (Lipinski definition) is 5. The number of phenols is 1. The topological polar surface area (TPSA) is 92.9 Å². The summed E-state index contributed by atoms with van der Waals surface area (Å²) in [6.07, 6.45) is 3.51. The van der Waals surface area contributed by atoms with E-state index in [0.29, 0.717) is 5.17 Å². The summed E-state index contributed by atoms with van der Waals surface area (Å²) >= 11 is 8.23. The van der Waals surface area contributed by atoms with Crippen LogP contribution in [0.2, 0.25) is 0 Å². The van der Waals surface area contributed by atoms with E-state index in [1.54, 1.807) is 30.3 Å². The second kappa shape index (κ2) is 13.3. The number of thiol groups is 1. The normalized spacial score (nSPS) is 9.88. The summed E-state index contributed by atoms with van der Waals surface area (Å²) < 4.78 is 5.39. The number of primary amides is 1. The molecule has 0 aliphatic rings. The molecule has 0 saturated heterocycles. The molecular weight excluding hydrogens is 360 g/mol. The van der Waals surface area contributed by atoms with Crippen molar-refractivity contribution in [3.63, 3.8) is 0 Å². The molecule has 0 spiro atoms. The first-order valence-corrected chi connectivity index (χ1v) is 8.55. The number of thiocarbonyl (C=S) groups is 1. The van der Waals surface area contributed by atoms with Crippen molar-refractivity contribution in [1.82, 2.24) is 4.90 Å². The molecule has 8 heteroatoms. The van der Waals surface area contributed by atoms with Gasteiger partial charge in [0.2, 0.25) is 0 Å². The van der Waals surface area contributed by atoms with E-state index in [9.17, 15) is 4.79 Å². The smallest absolute Gasteiger partial charge is 0.273 e. The first-order valence-electron chi connectivity index (χ1n) is 7.70. The molecule has 0 radical (unpaired) electrons. The zero-order valence-electron chi connectivity index (χ0n) is 14.3. The number of amides is 1. The number of rotatable bonds is 7. The number of carbonyl (C=O) groups excluding carboxylic acids is 2. The number of nitrogens with zero attached hydrogens (tertiary/aromatic N) is 1. The van der Waals surface area contributed by atoms with Crippen molar-refractivity contribution in [2.24, 2.45) is 5.73 Å². The van der Waals surface area contributed by atoms with Gasteiger partial charge in [-0.1, -0.05) is 30.8 Å². The number of ketones is 1. The van der Waals surface area contributed by atoms with E-state index in [0.717, 1.165) is 18.7 Å². The summed E-state index contributed by atoms with van der Waals surface area (Å²) in [5, 5.41) is 8.97. The van der Waals surface area contributed by atoms with Crippen molar-refractivity contribution in [2.45, 2.75) is 20.3 Å². The van der Waals surface area contributed by atoms with Crippen molar-refractivity contribution in [3.05, 3.63) is 35.9 Å². The lowest BCUT2D eigenvalue weighted by Gasteiger charge is -2.20. The first kappa shape index (κ1) is 22.9. The minimum Gasteiger partial charge on any atom is -0.508 e. The maximum atomic E-state index is 11.7. The van der Waals surface area contributed by atoms with E-state index in [1.165, 1.54) is 6.08 Å². The van der Waals surface area contributed by atoms with Gasteiger partial charge in [-0.25, -0.2) is 0 Å². The Kier molecular flexibility index (Phi) is 12.2. The second-order valence-electron chi connectivity index (χ2n) is 4.77. The van der Waals surface area contributed by atoms with Crippen molar-refractivity contribution in [2.75, 3.05) is 19.7 Å². The Labute approximate surface area is 159 Å². The standard InChI is InChI=1S/C16H21NO3S.CH3NOS/c1-3-17(4-2)16(21)20-12-11-15(19)10-7-13-5-8-14(18)9-6-13;2-1(3)4/h5-10,18H,3-4,11-12H2,1-2H3;(H3,2,3,4). The lowest BCUT2D eigenvalue weighted by molar-refractivity contribution is -0.115. The van der Waals surface area contributed by atoms with Gasteiger partial charge < -0.3 is 20.5 Å². The molecule has 1 amide bonds. The molecule has 3 N–H and O–H groups in total. The van der Waals surface area contributed by atoms with Gasteiger partial charge in [0.25, 0.3) is 10.4 Å². The molecule has 1 rings (SSSR count). The van der Waals surface area contributed by atoms with Gasteiger partial charge in [0.15, 0.2) is 5.78 Å². The average Bonchev–Trinajstić information content (AvgIpc) is 2.55. The summed E-state index contributed by atoms with van der Waals surface area (Å²) in [6.45, 7) is 5.89. The predicted octanol–water partition coefficient (Wildman–Crippen LogP) is 3.00. The Bertz CT molecular complexity index is 581. The number of hydrogen-bond donors (Lipinski definition) is 3. The van der Waals surface area contributed by atoms with Gasteiger partial charge in [-0.15, -0.1) is 0 Å². The molecule has 0 unspecified atom stereocenters. The number of carbonyl (C=O) groups is 2. The van der Waals surface area contributed by atoms with Gasteiger partial charge in [-0.2, -0.15) is 0 Å². The zero-order chi connectivity index (χ0) is 19.2. The molecule has 0 saturated carbocycles. The van der Waals surface area contributed by atoms with E-state index in [-0.39, 0.29) is 24.6 Å². The number of phenolic OH excluding ortho intramolecular Hbond substituents is 1. The van der Waals surface area contributed by atoms with Gasteiger partial charge >= 0.3 is 0 Å². The monoisotopic (exact) mass is 384 g/mol. The fraction of sp³-hybridized carbons (Fsp3) is 0.353. The van der Waals surface area contributed by atoms with Crippen LogP contribution in [-0.4, -0.2) is 45.9 Å². The Balaban J connectivity index is 0.00000129. The van der Waals surface area contributed by atoms with Crippen molar-refractivity contribution >= 4 is 47.1 Å². The minimum atomic E-state index is -0.639. The molecule has 0 atom stereocenters. The van der Waals surface area contributed by atoms with E-state index >= 15 is 0 Å². The molecule has 1 aromatic rings. The van der Waals surface area contributed by atoms with E-state index in [4.69, 9.17) is 26.9 Å². The van der Waals surface area contributed by atoms with E-state index < -0.39 is 5.24 Å². The lowest BCUT2D eigenvalue weighted by atomic mass is 10.2. The first-order chi connectivity index (χ1) is 11.8. The van der Waals surface area contributed by atoms with Crippen LogP contribution in [0.15, 0.2) is 30.3 Å². The van der Waals surface area contributed by atoms with Gasteiger partial charge in [-0.05, 0) is 49.8 Å². The Hall–Kier alpha value is -2.06. The molecule has 138 valence electrons. The van der Waals surface area contributed by atoms with Crippen LogP contribution in [0.4, 0.5) is 4.79 Å². The van der Waals surface area contributed by atoms with E-state index in [1.807, 2.05) is 18.7 Å². The lowest BCUT2D eigenvalue weighted by Crippen LogP contribution is -2.31. The van der Waals surface area contributed by atoms with Gasteiger partial charge in [0, 0.05) is 19.5 Å². The molecule has 0 fully saturated rings. The van der Waals surface area contributed by atoms with Crippen molar-refractivity contribution < 1.29 is 19.4 Å². The number of ether oxygens (including phenoxy) is 1. The fourth-order valence-electron chi connectivity index (χ4n) is 1.67. The molecular formula is C17H24N2O4S2. The van der Waals surface area contributed by atoms with Crippen LogP contribution >= 0.6 is 24.8 Å². The second-order valence-corrected chi connectivity index (χ2v) is 5.56. The quantitative estimate of drug-likeness (QED) is 0.380. The Morgan fingerprint density at radius 1 is 1.28 bits per heavy atom. The van der Waals surface area contributed by atoms with Crippen LogP contribution < -0.4 is 5.73 Å². The summed E-state index contributed by atoms with van der Waals surface area (Å²) in [5.41, 5.74) is 5.20. The van der Waals surface area contributed by atoms with Crippen LogP contribution in [0.3, 0.4) is 0 Å². The SMILES string of the molecule is CCN(CC)C(=S)OCCC(=O)C=Cc1ccc(O)cc1.NC(=O)S. The number of aromatic hydroxyl groups is 1.